The van der Waals surface area contributed by atoms with E-state index in [0.29, 0.717) is 10.7 Å². The second-order valence-electron chi connectivity index (χ2n) is 6.57. The largest absolute Gasteiger partial charge is 0.358 e. The molecule has 20 heavy (non-hydrogen) atoms. The zero-order valence-electron chi connectivity index (χ0n) is 12.6. The number of hydrogen-bond acceptors (Lipinski definition) is 3. The van der Waals surface area contributed by atoms with Gasteiger partial charge >= 0.3 is 0 Å². The predicted molar refractivity (Wildman–Crippen MR) is 90.8 cm³/mol. The first kappa shape index (κ1) is 15.7. The van der Waals surface area contributed by atoms with E-state index in [2.05, 4.69) is 44.1 Å². The highest BCUT2D eigenvalue weighted by Gasteiger charge is 2.25. The number of benzene rings is 1. The molecule has 2 unspecified atom stereocenters. The Labute approximate surface area is 131 Å². The Hall–Kier alpha value is -0.670. The standard InChI is InChI=1S/C16H23ClN2S/c1-11(12-6-5-7-13(17)8-12)19-15-18-10-14(20-15)9-16(2,3)4/h5-8,11,14H,9-10H2,1-4H3,(H,18,19). The smallest absolute Gasteiger partial charge is 0.157 e. The van der Waals surface area contributed by atoms with Gasteiger partial charge in [0.25, 0.3) is 0 Å². The third kappa shape index (κ3) is 4.71. The average molecular weight is 311 g/mol. The molecular formula is C16H23ClN2S. The van der Waals surface area contributed by atoms with Crippen LogP contribution in [0.1, 0.15) is 45.7 Å². The van der Waals surface area contributed by atoms with Crippen molar-refractivity contribution in [3.8, 4) is 0 Å². The van der Waals surface area contributed by atoms with Crippen molar-refractivity contribution in [2.75, 3.05) is 6.54 Å². The zero-order chi connectivity index (χ0) is 14.8. The number of nitrogens with one attached hydrogen (secondary N) is 1. The quantitative estimate of drug-likeness (QED) is 0.859. The summed E-state index contributed by atoms with van der Waals surface area (Å²) in [6, 6.07) is 8.22. The van der Waals surface area contributed by atoms with E-state index < -0.39 is 0 Å². The molecule has 0 amide bonds. The summed E-state index contributed by atoms with van der Waals surface area (Å²) in [7, 11) is 0. The lowest BCUT2D eigenvalue weighted by molar-refractivity contribution is 0.375. The van der Waals surface area contributed by atoms with Gasteiger partial charge in [0.05, 0.1) is 12.6 Å². The third-order valence-corrected chi connectivity index (χ3v) is 4.60. The molecule has 0 saturated carbocycles. The molecule has 0 aromatic heterocycles. The van der Waals surface area contributed by atoms with Crippen LogP contribution in [0, 0.1) is 5.41 Å². The molecule has 1 heterocycles. The van der Waals surface area contributed by atoms with Gasteiger partial charge in [0.2, 0.25) is 0 Å². The molecule has 0 aliphatic carbocycles. The summed E-state index contributed by atoms with van der Waals surface area (Å²) in [5.74, 6) is 0. The van der Waals surface area contributed by atoms with Crippen LogP contribution in [-0.2, 0) is 0 Å². The average Bonchev–Trinajstić information content (AvgIpc) is 2.74. The van der Waals surface area contributed by atoms with Gasteiger partial charge in [0.1, 0.15) is 0 Å². The molecule has 4 heteroatoms. The van der Waals surface area contributed by atoms with Crippen LogP contribution in [0.5, 0.6) is 0 Å². The SMILES string of the molecule is CC(NC1=NCC(CC(C)(C)C)S1)c1cccc(Cl)c1. The predicted octanol–water partition coefficient (Wildman–Crippen LogP) is 4.90. The molecule has 1 aromatic carbocycles. The Bertz CT molecular complexity index is 493. The monoisotopic (exact) mass is 310 g/mol. The highest BCUT2D eigenvalue weighted by molar-refractivity contribution is 8.14. The lowest BCUT2D eigenvalue weighted by Gasteiger charge is -2.22. The minimum Gasteiger partial charge on any atom is -0.358 e. The van der Waals surface area contributed by atoms with Gasteiger partial charge in [0, 0.05) is 10.3 Å². The van der Waals surface area contributed by atoms with Crippen molar-refractivity contribution < 1.29 is 0 Å². The fourth-order valence-corrected chi connectivity index (χ4v) is 3.97. The van der Waals surface area contributed by atoms with Gasteiger partial charge < -0.3 is 5.32 Å². The van der Waals surface area contributed by atoms with Crippen LogP contribution in [0.3, 0.4) is 0 Å². The maximum atomic E-state index is 6.04. The maximum absolute atomic E-state index is 6.04. The minimum atomic E-state index is 0.230. The van der Waals surface area contributed by atoms with E-state index >= 15 is 0 Å². The van der Waals surface area contributed by atoms with Gasteiger partial charge in [-0.15, -0.1) is 0 Å². The van der Waals surface area contributed by atoms with Crippen molar-refractivity contribution in [1.29, 1.82) is 0 Å². The molecule has 0 saturated heterocycles. The summed E-state index contributed by atoms with van der Waals surface area (Å²) in [4.78, 5) is 4.62. The van der Waals surface area contributed by atoms with E-state index in [1.165, 1.54) is 12.0 Å². The van der Waals surface area contributed by atoms with Crippen molar-refractivity contribution in [1.82, 2.24) is 5.32 Å². The molecule has 1 aromatic rings. The normalized spacial score (nSPS) is 20.6. The summed E-state index contributed by atoms with van der Waals surface area (Å²) >= 11 is 7.91. The molecule has 2 atom stereocenters. The highest BCUT2D eigenvalue weighted by Crippen LogP contribution is 2.32. The summed E-state index contributed by atoms with van der Waals surface area (Å²) in [5.41, 5.74) is 1.56. The summed E-state index contributed by atoms with van der Waals surface area (Å²) < 4.78 is 0. The zero-order valence-corrected chi connectivity index (χ0v) is 14.2. The van der Waals surface area contributed by atoms with Crippen LogP contribution >= 0.6 is 23.4 Å². The Kier molecular flexibility index (Phi) is 5.03. The van der Waals surface area contributed by atoms with Crippen molar-refractivity contribution in [3.05, 3.63) is 34.9 Å². The molecule has 0 bridgehead atoms. The number of amidine groups is 1. The van der Waals surface area contributed by atoms with Crippen LogP contribution in [0.25, 0.3) is 0 Å². The Morgan fingerprint density at radius 2 is 2.20 bits per heavy atom. The maximum Gasteiger partial charge on any atom is 0.157 e. The fourth-order valence-electron chi connectivity index (χ4n) is 2.33. The topological polar surface area (TPSA) is 24.4 Å². The fraction of sp³-hybridized carbons (Fsp3) is 0.562. The van der Waals surface area contributed by atoms with Crippen LogP contribution in [0.2, 0.25) is 5.02 Å². The first-order chi connectivity index (χ1) is 9.33. The van der Waals surface area contributed by atoms with Gasteiger partial charge in [-0.2, -0.15) is 0 Å². The van der Waals surface area contributed by atoms with Gasteiger partial charge in [0.15, 0.2) is 5.17 Å². The van der Waals surface area contributed by atoms with E-state index in [4.69, 9.17) is 11.6 Å². The molecule has 0 fully saturated rings. The summed E-state index contributed by atoms with van der Waals surface area (Å²) in [6.07, 6.45) is 1.19. The number of nitrogens with zero attached hydrogens (tertiary/aromatic N) is 1. The van der Waals surface area contributed by atoms with E-state index in [9.17, 15) is 0 Å². The second-order valence-corrected chi connectivity index (χ2v) is 8.30. The van der Waals surface area contributed by atoms with E-state index in [0.717, 1.165) is 16.7 Å². The number of hydrogen-bond donors (Lipinski definition) is 1. The Morgan fingerprint density at radius 3 is 2.85 bits per heavy atom. The molecule has 1 N–H and O–H groups in total. The number of halogens is 1. The van der Waals surface area contributed by atoms with E-state index in [1.807, 2.05) is 30.0 Å². The summed E-state index contributed by atoms with van der Waals surface area (Å²) in [5, 5.41) is 5.94. The molecule has 0 radical (unpaired) electrons. The van der Waals surface area contributed by atoms with Crippen LogP contribution in [0.15, 0.2) is 29.3 Å². The number of rotatable bonds is 3. The molecule has 1 aliphatic rings. The van der Waals surface area contributed by atoms with Crippen LogP contribution in [0.4, 0.5) is 0 Å². The highest BCUT2D eigenvalue weighted by atomic mass is 35.5. The molecule has 110 valence electrons. The van der Waals surface area contributed by atoms with Crippen molar-refractivity contribution in [3.63, 3.8) is 0 Å². The Morgan fingerprint density at radius 1 is 1.45 bits per heavy atom. The van der Waals surface area contributed by atoms with Gasteiger partial charge in [-0.25, -0.2) is 0 Å². The van der Waals surface area contributed by atoms with Gasteiger partial charge in [-0.05, 0) is 36.5 Å². The van der Waals surface area contributed by atoms with E-state index in [1.54, 1.807) is 0 Å². The number of aliphatic imine (C=N–C) groups is 1. The molecule has 2 rings (SSSR count). The van der Waals surface area contributed by atoms with Gasteiger partial charge in [-0.1, -0.05) is 56.3 Å². The first-order valence-electron chi connectivity index (χ1n) is 7.06. The molecule has 0 spiro atoms. The lowest BCUT2D eigenvalue weighted by Crippen LogP contribution is -2.24. The lowest BCUT2D eigenvalue weighted by atomic mass is 9.90. The van der Waals surface area contributed by atoms with Crippen LogP contribution in [-0.4, -0.2) is 17.0 Å². The number of thioether (sulfide) groups is 1. The first-order valence-corrected chi connectivity index (χ1v) is 8.32. The minimum absolute atomic E-state index is 0.230. The van der Waals surface area contributed by atoms with Crippen LogP contribution < -0.4 is 5.32 Å². The molecule has 2 nitrogen and oxygen atoms in total. The second kappa shape index (κ2) is 6.40. The molecule has 1 aliphatic heterocycles. The van der Waals surface area contributed by atoms with Crippen molar-refractivity contribution in [2.45, 2.75) is 45.4 Å². The molecular weight excluding hydrogens is 288 g/mol. The van der Waals surface area contributed by atoms with Crippen molar-refractivity contribution in [2.24, 2.45) is 10.4 Å². The van der Waals surface area contributed by atoms with Crippen molar-refractivity contribution >= 4 is 28.5 Å². The van der Waals surface area contributed by atoms with Gasteiger partial charge in [-0.3, -0.25) is 4.99 Å². The summed E-state index contributed by atoms with van der Waals surface area (Å²) in [6.45, 7) is 9.92. The third-order valence-electron chi connectivity index (χ3n) is 3.25. The Balaban J connectivity index is 1.89. The van der Waals surface area contributed by atoms with E-state index in [-0.39, 0.29) is 6.04 Å².